The summed E-state index contributed by atoms with van der Waals surface area (Å²) in [6.45, 7) is 8.03. The lowest BCUT2D eigenvalue weighted by Crippen LogP contribution is -2.50. The van der Waals surface area contributed by atoms with Crippen molar-refractivity contribution in [2.45, 2.75) is 25.8 Å². The smallest absolute Gasteiger partial charge is 0.0195 e. The van der Waals surface area contributed by atoms with Crippen LogP contribution in [-0.4, -0.2) is 55.6 Å². The molecule has 0 aromatic rings. The number of hydrogen-bond donors (Lipinski definition) is 1. The van der Waals surface area contributed by atoms with Crippen LogP contribution in [0.5, 0.6) is 0 Å². The molecule has 0 aromatic heterocycles. The van der Waals surface area contributed by atoms with Crippen molar-refractivity contribution in [2.75, 3.05) is 39.8 Å². The predicted molar refractivity (Wildman–Crippen MR) is 56.8 cm³/mol. The highest BCUT2D eigenvalue weighted by Gasteiger charge is 2.20. The highest BCUT2D eigenvalue weighted by Crippen LogP contribution is 2.08. The molecule has 3 nitrogen and oxygen atoms in total. The summed E-state index contributed by atoms with van der Waals surface area (Å²) in [4.78, 5) is 4.99. The van der Waals surface area contributed by atoms with E-state index < -0.39 is 0 Å². The Bertz CT molecular complexity index is 138. The van der Waals surface area contributed by atoms with Gasteiger partial charge in [-0.3, -0.25) is 4.90 Å². The van der Waals surface area contributed by atoms with Crippen molar-refractivity contribution in [3.63, 3.8) is 0 Å². The molecule has 1 atom stereocenters. The van der Waals surface area contributed by atoms with E-state index in [0.29, 0.717) is 0 Å². The van der Waals surface area contributed by atoms with Gasteiger partial charge in [0.25, 0.3) is 0 Å². The molecular formula is C10H23N3. The van der Waals surface area contributed by atoms with E-state index in [-0.39, 0.29) is 0 Å². The number of nitrogens with zero attached hydrogens (tertiary/aromatic N) is 2. The van der Waals surface area contributed by atoms with E-state index in [1.807, 2.05) is 0 Å². The van der Waals surface area contributed by atoms with Crippen molar-refractivity contribution in [3.8, 4) is 0 Å². The van der Waals surface area contributed by atoms with Crippen LogP contribution in [0.1, 0.15) is 19.8 Å². The molecule has 0 bridgehead atoms. The average molecular weight is 185 g/mol. The van der Waals surface area contributed by atoms with Gasteiger partial charge < -0.3 is 10.6 Å². The van der Waals surface area contributed by atoms with Crippen LogP contribution in [0.15, 0.2) is 0 Å². The molecule has 13 heavy (non-hydrogen) atoms. The minimum atomic E-state index is 0.719. The molecule has 0 aromatic carbocycles. The summed E-state index contributed by atoms with van der Waals surface area (Å²) in [5.74, 6) is 0. The van der Waals surface area contributed by atoms with E-state index >= 15 is 0 Å². The van der Waals surface area contributed by atoms with Crippen molar-refractivity contribution < 1.29 is 0 Å². The maximum absolute atomic E-state index is 5.47. The van der Waals surface area contributed by atoms with Crippen molar-refractivity contribution >= 4 is 0 Å². The van der Waals surface area contributed by atoms with Gasteiger partial charge in [0.05, 0.1) is 0 Å². The summed E-state index contributed by atoms with van der Waals surface area (Å²) in [6, 6.07) is 0.719. The Morgan fingerprint density at radius 2 is 2.08 bits per heavy atom. The van der Waals surface area contributed by atoms with Crippen molar-refractivity contribution in [1.29, 1.82) is 0 Å². The normalized spacial score (nSPS) is 26.5. The van der Waals surface area contributed by atoms with Crippen LogP contribution in [-0.2, 0) is 0 Å². The monoisotopic (exact) mass is 185 g/mol. The molecule has 1 saturated heterocycles. The topological polar surface area (TPSA) is 32.5 Å². The van der Waals surface area contributed by atoms with Gasteiger partial charge in [-0.05, 0) is 39.9 Å². The number of piperazine rings is 1. The van der Waals surface area contributed by atoms with E-state index in [9.17, 15) is 0 Å². The summed E-state index contributed by atoms with van der Waals surface area (Å²) >= 11 is 0. The number of likely N-dealkylation sites (N-methyl/N-ethyl adjacent to an activating group) is 1. The lowest BCUT2D eigenvalue weighted by Gasteiger charge is -2.38. The zero-order valence-corrected chi connectivity index (χ0v) is 9.00. The van der Waals surface area contributed by atoms with E-state index in [1.54, 1.807) is 0 Å². The second kappa shape index (κ2) is 5.58. The molecule has 1 aliphatic heterocycles. The second-order valence-electron chi connectivity index (χ2n) is 4.14. The first-order chi connectivity index (χ1) is 6.24. The average Bonchev–Trinajstić information content (AvgIpc) is 2.09. The third kappa shape index (κ3) is 3.63. The Balaban J connectivity index is 2.18. The second-order valence-corrected chi connectivity index (χ2v) is 4.14. The molecule has 78 valence electrons. The predicted octanol–water partition coefficient (Wildman–Crippen LogP) is 0.361. The Morgan fingerprint density at radius 3 is 2.69 bits per heavy atom. The highest BCUT2D eigenvalue weighted by atomic mass is 15.3. The van der Waals surface area contributed by atoms with Crippen molar-refractivity contribution in [1.82, 2.24) is 9.80 Å². The molecule has 1 fully saturated rings. The molecule has 0 radical (unpaired) electrons. The first-order valence-electron chi connectivity index (χ1n) is 5.36. The van der Waals surface area contributed by atoms with E-state index in [0.717, 1.165) is 12.6 Å². The summed E-state index contributed by atoms with van der Waals surface area (Å²) in [5.41, 5.74) is 5.47. The van der Waals surface area contributed by atoms with Crippen LogP contribution in [0.2, 0.25) is 0 Å². The van der Waals surface area contributed by atoms with Gasteiger partial charge in [-0.1, -0.05) is 0 Å². The van der Waals surface area contributed by atoms with E-state index in [4.69, 9.17) is 5.73 Å². The van der Waals surface area contributed by atoms with Gasteiger partial charge in [0.15, 0.2) is 0 Å². The lowest BCUT2D eigenvalue weighted by molar-refractivity contribution is 0.0988. The summed E-state index contributed by atoms with van der Waals surface area (Å²) in [7, 11) is 2.20. The molecule has 0 amide bonds. The Hall–Kier alpha value is -0.120. The Labute approximate surface area is 81.9 Å². The molecule has 3 heteroatoms. The zero-order chi connectivity index (χ0) is 9.68. The fourth-order valence-corrected chi connectivity index (χ4v) is 1.97. The largest absolute Gasteiger partial charge is 0.330 e. The number of unbranched alkanes of at least 4 members (excludes halogenated alkanes) is 1. The quantitative estimate of drug-likeness (QED) is 0.642. The van der Waals surface area contributed by atoms with Crippen LogP contribution in [0.3, 0.4) is 0 Å². The van der Waals surface area contributed by atoms with E-state index in [2.05, 4.69) is 23.8 Å². The number of rotatable bonds is 4. The van der Waals surface area contributed by atoms with Gasteiger partial charge in [-0.2, -0.15) is 0 Å². The first kappa shape index (κ1) is 11.0. The van der Waals surface area contributed by atoms with Gasteiger partial charge in [0.1, 0.15) is 0 Å². The van der Waals surface area contributed by atoms with Crippen molar-refractivity contribution in [2.24, 2.45) is 5.73 Å². The van der Waals surface area contributed by atoms with E-state index in [1.165, 1.54) is 39.0 Å². The molecule has 1 rings (SSSR count). The molecule has 1 aliphatic rings. The molecule has 0 spiro atoms. The summed E-state index contributed by atoms with van der Waals surface area (Å²) < 4.78 is 0. The minimum absolute atomic E-state index is 0.719. The molecule has 2 N–H and O–H groups in total. The summed E-state index contributed by atoms with van der Waals surface area (Å²) in [6.07, 6.45) is 2.42. The van der Waals surface area contributed by atoms with Gasteiger partial charge in [-0.15, -0.1) is 0 Å². The van der Waals surface area contributed by atoms with Crippen molar-refractivity contribution in [3.05, 3.63) is 0 Å². The third-order valence-corrected chi connectivity index (χ3v) is 2.87. The fraction of sp³-hybridized carbons (Fsp3) is 1.00. The number of nitrogens with two attached hydrogens (primary N) is 1. The maximum Gasteiger partial charge on any atom is 0.0195 e. The van der Waals surface area contributed by atoms with Gasteiger partial charge in [-0.25, -0.2) is 0 Å². The van der Waals surface area contributed by atoms with Crippen LogP contribution in [0.25, 0.3) is 0 Å². The van der Waals surface area contributed by atoms with Crippen LogP contribution in [0.4, 0.5) is 0 Å². The Kier molecular flexibility index (Phi) is 4.70. The molecule has 0 saturated carbocycles. The Morgan fingerprint density at radius 1 is 1.31 bits per heavy atom. The standard InChI is InChI=1S/C10H23N3/c1-10-9-12(2)7-8-13(10)6-4-3-5-11/h10H,3-9,11H2,1-2H3. The highest BCUT2D eigenvalue weighted by molar-refractivity contribution is 4.76. The number of hydrogen-bond acceptors (Lipinski definition) is 3. The maximum atomic E-state index is 5.47. The lowest BCUT2D eigenvalue weighted by atomic mass is 10.2. The molecule has 0 aliphatic carbocycles. The van der Waals surface area contributed by atoms with Gasteiger partial charge in [0, 0.05) is 25.7 Å². The van der Waals surface area contributed by atoms with Crippen LogP contribution in [0, 0.1) is 0 Å². The van der Waals surface area contributed by atoms with Crippen LogP contribution >= 0.6 is 0 Å². The van der Waals surface area contributed by atoms with Gasteiger partial charge in [0.2, 0.25) is 0 Å². The molecule has 1 unspecified atom stereocenters. The molecular weight excluding hydrogens is 162 g/mol. The zero-order valence-electron chi connectivity index (χ0n) is 9.00. The first-order valence-corrected chi connectivity index (χ1v) is 5.36. The molecule has 1 heterocycles. The summed E-state index contributed by atoms with van der Waals surface area (Å²) in [5, 5.41) is 0. The SMILES string of the molecule is CC1CN(C)CCN1CCCCN. The van der Waals surface area contributed by atoms with Gasteiger partial charge >= 0.3 is 0 Å². The van der Waals surface area contributed by atoms with Crippen LogP contribution < -0.4 is 5.73 Å². The fourth-order valence-electron chi connectivity index (χ4n) is 1.97. The third-order valence-electron chi connectivity index (χ3n) is 2.87. The minimum Gasteiger partial charge on any atom is -0.330 e.